The lowest BCUT2D eigenvalue weighted by molar-refractivity contribution is 0.415. The van der Waals surface area contributed by atoms with E-state index < -0.39 is 5.82 Å². The van der Waals surface area contributed by atoms with Gasteiger partial charge in [-0.3, -0.25) is 0 Å². The zero-order valence-electron chi connectivity index (χ0n) is 8.91. The Kier molecular flexibility index (Phi) is 2.77. The standard InChI is InChI=1S/C13H12FNO/c1-16-11-5-2-9(3-6-11)10-4-7-13(15)12(14)8-10/h2-8H,15H2,1H3. The molecule has 0 aliphatic carbocycles. The third-order valence-corrected chi connectivity index (χ3v) is 2.42. The molecule has 0 unspecified atom stereocenters. The number of nitrogens with two attached hydrogens (primary N) is 1. The Bertz CT molecular complexity index is 494. The third kappa shape index (κ3) is 1.98. The van der Waals surface area contributed by atoms with Gasteiger partial charge in [0, 0.05) is 0 Å². The zero-order valence-corrected chi connectivity index (χ0v) is 8.91. The molecule has 0 spiro atoms. The topological polar surface area (TPSA) is 35.2 Å². The van der Waals surface area contributed by atoms with Crippen LogP contribution in [0.3, 0.4) is 0 Å². The molecule has 0 aromatic heterocycles. The van der Waals surface area contributed by atoms with Gasteiger partial charge < -0.3 is 10.5 Å². The average Bonchev–Trinajstić information content (AvgIpc) is 2.33. The van der Waals surface area contributed by atoms with Crippen LogP contribution in [-0.4, -0.2) is 7.11 Å². The van der Waals surface area contributed by atoms with E-state index in [9.17, 15) is 4.39 Å². The molecule has 2 rings (SSSR count). The maximum absolute atomic E-state index is 13.3. The summed E-state index contributed by atoms with van der Waals surface area (Å²) >= 11 is 0. The summed E-state index contributed by atoms with van der Waals surface area (Å²) in [4.78, 5) is 0. The van der Waals surface area contributed by atoms with Crippen LogP contribution in [0.1, 0.15) is 0 Å². The Labute approximate surface area is 93.5 Å². The summed E-state index contributed by atoms with van der Waals surface area (Å²) in [6.07, 6.45) is 0. The summed E-state index contributed by atoms with van der Waals surface area (Å²) in [6.45, 7) is 0. The van der Waals surface area contributed by atoms with Crippen LogP contribution in [0.25, 0.3) is 11.1 Å². The lowest BCUT2D eigenvalue weighted by Gasteiger charge is -2.05. The number of hydrogen-bond acceptors (Lipinski definition) is 2. The Morgan fingerprint density at radius 2 is 1.62 bits per heavy atom. The van der Waals surface area contributed by atoms with Gasteiger partial charge in [-0.25, -0.2) is 4.39 Å². The molecule has 16 heavy (non-hydrogen) atoms. The summed E-state index contributed by atoms with van der Waals surface area (Å²) < 4.78 is 18.3. The molecule has 0 aliphatic rings. The molecule has 82 valence electrons. The lowest BCUT2D eigenvalue weighted by Crippen LogP contribution is -1.90. The van der Waals surface area contributed by atoms with Gasteiger partial charge in [-0.1, -0.05) is 18.2 Å². The second-order valence-corrected chi connectivity index (χ2v) is 3.46. The molecular weight excluding hydrogens is 205 g/mol. The molecule has 0 saturated heterocycles. The van der Waals surface area contributed by atoms with Crippen molar-refractivity contribution in [1.29, 1.82) is 0 Å². The number of rotatable bonds is 2. The highest BCUT2D eigenvalue weighted by Gasteiger charge is 2.02. The van der Waals surface area contributed by atoms with E-state index in [2.05, 4.69) is 0 Å². The fraction of sp³-hybridized carbons (Fsp3) is 0.0769. The van der Waals surface area contributed by atoms with E-state index in [1.54, 1.807) is 19.2 Å². The minimum atomic E-state index is -0.395. The summed E-state index contributed by atoms with van der Waals surface area (Å²) in [6, 6.07) is 12.2. The Balaban J connectivity index is 2.38. The molecular formula is C13H12FNO. The van der Waals surface area contributed by atoms with Crippen molar-refractivity contribution in [2.45, 2.75) is 0 Å². The van der Waals surface area contributed by atoms with Crippen LogP contribution < -0.4 is 10.5 Å². The fourth-order valence-electron chi connectivity index (χ4n) is 1.49. The molecule has 0 radical (unpaired) electrons. The van der Waals surface area contributed by atoms with Gasteiger partial charge in [0.15, 0.2) is 0 Å². The van der Waals surface area contributed by atoms with E-state index in [-0.39, 0.29) is 5.69 Å². The van der Waals surface area contributed by atoms with E-state index in [0.29, 0.717) is 0 Å². The molecule has 0 fully saturated rings. The minimum Gasteiger partial charge on any atom is -0.497 e. The maximum Gasteiger partial charge on any atom is 0.146 e. The van der Waals surface area contributed by atoms with Gasteiger partial charge in [-0.05, 0) is 35.4 Å². The van der Waals surface area contributed by atoms with Crippen molar-refractivity contribution >= 4 is 5.69 Å². The fourth-order valence-corrected chi connectivity index (χ4v) is 1.49. The lowest BCUT2D eigenvalue weighted by atomic mass is 10.1. The molecule has 2 N–H and O–H groups in total. The second kappa shape index (κ2) is 4.23. The van der Waals surface area contributed by atoms with Crippen LogP contribution in [0.2, 0.25) is 0 Å². The predicted octanol–water partition coefficient (Wildman–Crippen LogP) is 3.08. The summed E-state index contributed by atoms with van der Waals surface area (Å²) in [5.41, 5.74) is 7.31. The third-order valence-electron chi connectivity index (χ3n) is 2.42. The molecule has 0 amide bonds. The van der Waals surface area contributed by atoms with Crippen molar-refractivity contribution in [2.24, 2.45) is 0 Å². The summed E-state index contributed by atoms with van der Waals surface area (Å²) in [7, 11) is 1.61. The van der Waals surface area contributed by atoms with Crippen LogP contribution in [0.15, 0.2) is 42.5 Å². The summed E-state index contributed by atoms with van der Waals surface area (Å²) in [5.74, 6) is 0.382. The zero-order chi connectivity index (χ0) is 11.5. The van der Waals surface area contributed by atoms with Crippen molar-refractivity contribution < 1.29 is 9.13 Å². The summed E-state index contributed by atoms with van der Waals surface area (Å²) in [5, 5.41) is 0. The van der Waals surface area contributed by atoms with E-state index in [1.807, 2.05) is 24.3 Å². The first-order valence-electron chi connectivity index (χ1n) is 4.90. The minimum absolute atomic E-state index is 0.164. The van der Waals surface area contributed by atoms with E-state index in [4.69, 9.17) is 10.5 Å². The van der Waals surface area contributed by atoms with E-state index in [1.165, 1.54) is 6.07 Å². The molecule has 2 aromatic carbocycles. The quantitative estimate of drug-likeness (QED) is 0.784. The number of halogens is 1. The monoisotopic (exact) mass is 217 g/mol. The molecule has 0 heterocycles. The van der Waals surface area contributed by atoms with Gasteiger partial charge in [0.25, 0.3) is 0 Å². The SMILES string of the molecule is COc1ccc(-c2ccc(N)c(F)c2)cc1. The molecule has 3 heteroatoms. The van der Waals surface area contributed by atoms with E-state index in [0.717, 1.165) is 16.9 Å². The van der Waals surface area contributed by atoms with Crippen molar-refractivity contribution in [2.75, 3.05) is 12.8 Å². The smallest absolute Gasteiger partial charge is 0.146 e. The van der Waals surface area contributed by atoms with Crippen LogP contribution in [0.5, 0.6) is 5.75 Å². The number of nitrogen functional groups attached to an aromatic ring is 1. The van der Waals surface area contributed by atoms with Crippen LogP contribution in [0.4, 0.5) is 10.1 Å². The average molecular weight is 217 g/mol. The van der Waals surface area contributed by atoms with Crippen molar-refractivity contribution in [1.82, 2.24) is 0 Å². The first kappa shape index (κ1) is 10.5. The number of hydrogen-bond donors (Lipinski definition) is 1. The molecule has 0 bridgehead atoms. The molecule has 0 atom stereocenters. The van der Waals surface area contributed by atoms with Gasteiger partial charge in [0.1, 0.15) is 11.6 Å². The van der Waals surface area contributed by atoms with Crippen molar-refractivity contribution in [3.05, 3.63) is 48.3 Å². The van der Waals surface area contributed by atoms with E-state index >= 15 is 0 Å². The van der Waals surface area contributed by atoms with Gasteiger partial charge in [-0.2, -0.15) is 0 Å². The van der Waals surface area contributed by atoms with Gasteiger partial charge in [-0.15, -0.1) is 0 Å². The van der Waals surface area contributed by atoms with Gasteiger partial charge >= 0.3 is 0 Å². The first-order chi connectivity index (χ1) is 7.70. The largest absolute Gasteiger partial charge is 0.497 e. The Morgan fingerprint density at radius 1 is 1.00 bits per heavy atom. The molecule has 0 saturated carbocycles. The van der Waals surface area contributed by atoms with Crippen LogP contribution in [-0.2, 0) is 0 Å². The highest BCUT2D eigenvalue weighted by molar-refractivity contribution is 5.66. The van der Waals surface area contributed by atoms with Gasteiger partial charge in [0.05, 0.1) is 12.8 Å². The highest BCUT2D eigenvalue weighted by atomic mass is 19.1. The first-order valence-corrected chi connectivity index (χ1v) is 4.90. The molecule has 0 aliphatic heterocycles. The number of ether oxygens (including phenoxy) is 1. The molecule has 2 nitrogen and oxygen atoms in total. The molecule has 2 aromatic rings. The Hall–Kier alpha value is -2.03. The van der Waals surface area contributed by atoms with Crippen LogP contribution >= 0.6 is 0 Å². The predicted molar refractivity (Wildman–Crippen MR) is 62.8 cm³/mol. The van der Waals surface area contributed by atoms with Gasteiger partial charge in [0.2, 0.25) is 0 Å². The number of anilines is 1. The number of methoxy groups -OCH3 is 1. The second-order valence-electron chi connectivity index (χ2n) is 3.46. The van der Waals surface area contributed by atoms with Crippen LogP contribution in [0, 0.1) is 5.82 Å². The van der Waals surface area contributed by atoms with Crippen molar-refractivity contribution in [3.8, 4) is 16.9 Å². The van der Waals surface area contributed by atoms with Crippen molar-refractivity contribution in [3.63, 3.8) is 0 Å². The normalized spacial score (nSPS) is 10.1. The highest BCUT2D eigenvalue weighted by Crippen LogP contribution is 2.24. The number of benzene rings is 2. The Morgan fingerprint density at radius 3 is 2.19 bits per heavy atom. The maximum atomic E-state index is 13.3.